The van der Waals surface area contributed by atoms with Gasteiger partial charge in [-0.1, -0.05) is 23.8 Å². The van der Waals surface area contributed by atoms with E-state index in [2.05, 4.69) is 31.1 Å². The molecule has 0 spiro atoms. The molecular formula is C22H30ClNO2. The predicted molar refractivity (Wildman–Crippen MR) is 110 cm³/mol. The summed E-state index contributed by atoms with van der Waals surface area (Å²) in [5, 5.41) is 0. The molecule has 0 aliphatic heterocycles. The highest BCUT2D eigenvalue weighted by molar-refractivity contribution is 6.07. The molecule has 0 N–H and O–H groups in total. The van der Waals surface area contributed by atoms with Crippen molar-refractivity contribution in [2.45, 2.75) is 38.5 Å². The van der Waals surface area contributed by atoms with E-state index in [1.165, 1.54) is 12.0 Å². The summed E-state index contributed by atoms with van der Waals surface area (Å²) in [5.74, 6) is 1.20. The number of carbonyl (C=O) groups is 1. The minimum absolute atomic E-state index is 0. The quantitative estimate of drug-likeness (QED) is 0.522. The van der Waals surface area contributed by atoms with Crippen molar-refractivity contribution in [2.24, 2.45) is 5.41 Å². The molecule has 142 valence electrons. The van der Waals surface area contributed by atoms with Gasteiger partial charge in [-0.3, -0.25) is 4.79 Å². The molecule has 1 unspecified atom stereocenters. The molecule has 0 amide bonds. The fraction of sp³-hybridized carbons (Fsp3) is 0.500. The highest BCUT2D eigenvalue weighted by atomic mass is 35.5. The zero-order chi connectivity index (χ0) is 17.9. The standard InChI is InChI=1S/C22H29NO2.ClH/c1-23(2)15-14-22(19-6-4-5-7-19)13-12-18(21(22)24)16-17-8-10-20(25-3)11-9-17;/h6,8-11,16H,4-5,7,12-15H2,1-3H3;1H/b18-16+;. The number of halogens is 1. The fourth-order valence-corrected chi connectivity index (χ4v) is 4.15. The minimum atomic E-state index is -0.251. The van der Waals surface area contributed by atoms with Crippen LogP contribution in [0.3, 0.4) is 0 Å². The Labute approximate surface area is 163 Å². The Balaban J connectivity index is 0.00000243. The lowest BCUT2D eigenvalue weighted by atomic mass is 9.74. The number of hydrogen-bond acceptors (Lipinski definition) is 3. The first-order chi connectivity index (χ1) is 12.0. The van der Waals surface area contributed by atoms with E-state index in [1.807, 2.05) is 24.3 Å². The summed E-state index contributed by atoms with van der Waals surface area (Å²) in [6.07, 6.45) is 10.6. The van der Waals surface area contributed by atoms with Crippen LogP contribution in [-0.4, -0.2) is 38.4 Å². The van der Waals surface area contributed by atoms with Gasteiger partial charge in [0.25, 0.3) is 0 Å². The van der Waals surface area contributed by atoms with Gasteiger partial charge in [0.2, 0.25) is 0 Å². The third-order valence-corrected chi connectivity index (χ3v) is 5.65. The van der Waals surface area contributed by atoms with E-state index in [9.17, 15) is 4.79 Å². The second-order valence-corrected chi connectivity index (χ2v) is 7.53. The van der Waals surface area contributed by atoms with E-state index in [0.29, 0.717) is 5.78 Å². The summed E-state index contributed by atoms with van der Waals surface area (Å²) >= 11 is 0. The summed E-state index contributed by atoms with van der Waals surface area (Å²) in [6, 6.07) is 7.94. The Bertz CT molecular complexity index is 691. The summed E-state index contributed by atoms with van der Waals surface area (Å²) in [5.41, 5.74) is 3.21. The number of nitrogens with zero attached hydrogens (tertiary/aromatic N) is 1. The lowest BCUT2D eigenvalue weighted by Crippen LogP contribution is -2.32. The Morgan fingerprint density at radius 3 is 2.50 bits per heavy atom. The molecule has 0 aromatic heterocycles. The van der Waals surface area contributed by atoms with Gasteiger partial charge in [-0.25, -0.2) is 0 Å². The topological polar surface area (TPSA) is 29.5 Å². The molecule has 3 nitrogen and oxygen atoms in total. The van der Waals surface area contributed by atoms with Crippen LogP contribution in [0.1, 0.15) is 44.1 Å². The first kappa shape index (κ1) is 20.7. The molecular weight excluding hydrogens is 346 g/mol. The van der Waals surface area contributed by atoms with Crippen LogP contribution in [0.15, 0.2) is 41.5 Å². The zero-order valence-corrected chi connectivity index (χ0v) is 16.9. The van der Waals surface area contributed by atoms with Crippen molar-refractivity contribution in [3.63, 3.8) is 0 Å². The third-order valence-electron chi connectivity index (χ3n) is 5.65. The maximum absolute atomic E-state index is 13.4. The number of ether oxygens (including phenoxy) is 1. The molecule has 0 saturated heterocycles. The minimum Gasteiger partial charge on any atom is -0.497 e. The fourth-order valence-electron chi connectivity index (χ4n) is 4.15. The van der Waals surface area contributed by atoms with Gasteiger partial charge in [-0.05, 0) is 88.5 Å². The molecule has 4 heteroatoms. The van der Waals surface area contributed by atoms with Crippen LogP contribution in [0.5, 0.6) is 5.75 Å². The molecule has 0 heterocycles. The van der Waals surface area contributed by atoms with Gasteiger partial charge in [0, 0.05) is 0 Å². The SMILES string of the molecule is COc1ccc(/C=C2\CCC(CCN(C)C)(C3=CCCC3)C2=O)cc1.Cl. The van der Waals surface area contributed by atoms with Crippen LogP contribution < -0.4 is 4.74 Å². The number of ketones is 1. The van der Waals surface area contributed by atoms with Crippen molar-refractivity contribution in [1.29, 1.82) is 0 Å². The number of allylic oxidation sites excluding steroid dienone is 3. The normalized spacial score (nSPS) is 24.1. The second kappa shape index (κ2) is 8.88. The molecule has 1 atom stereocenters. The van der Waals surface area contributed by atoms with Crippen LogP contribution in [0, 0.1) is 5.41 Å². The molecule has 0 bridgehead atoms. The first-order valence-electron chi connectivity index (χ1n) is 9.29. The molecule has 1 saturated carbocycles. The van der Waals surface area contributed by atoms with Crippen molar-refractivity contribution in [3.05, 3.63) is 47.1 Å². The zero-order valence-electron chi connectivity index (χ0n) is 16.1. The van der Waals surface area contributed by atoms with Crippen LogP contribution in [0.25, 0.3) is 6.08 Å². The third kappa shape index (κ3) is 4.21. The van der Waals surface area contributed by atoms with Crippen LogP contribution in [0.2, 0.25) is 0 Å². The van der Waals surface area contributed by atoms with Gasteiger partial charge in [-0.2, -0.15) is 0 Å². The van der Waals surface area contributed by atoms with Crippen molar-refractivity contribution in [1.82, 2.24) is 4.90 Å². The van der Waals surface area contributed by atoms with Gasteiger partial charge in [0.15, 0.2) is 5.78 Å². The average molecular weight is 376 g/mol. The molecule has 2 aliphatic rings. The van der Waals surface area contributed by atoms with E-state index < -0.39 is 0 Å². The number of Topliss-reactive ketones (excluding diaryl/α,β-unsaturated/α-hetero) is 1. The van der Waals surface area contributed by atoms with E-state index in [0.717, 1.165) is 55.5 Å². The predicted octanol–water partition coefficient (Wildman–Crippen LogP) is 4.91. The summed E-state index contributed by atoms with van der Waals surface area (Å²) in [4.78, 5) is 15.6. The number of benzene rings is 1. The highest BCUT2D eigenvalue weighted by Crippen LogP contribution is 2.50. The molecule has 1 aromatic rings. The number of methoxy groups -OCH3 is 1. The Hall–Kier alpha value is -1.58. The molecule has 1 fully saturated rings. The smallest absolute Gasteiger partial charge is 0.169 e. The van der Waals surface area contributed by atoms with E-state index in [-0.39, 0.29) is 17.8 Å². The average Bonchev–Trinajstić information content (AvgIpc) is 3.25. The summed E-state index contributed by atoms with van der Waals surface area (Å²) < 4.78 is 5.22. The summed E-state index contributed by atoms with van der Waals surface area (Å²) in [6.45, 7) is 0.957. The van der Waals surface area contributed by atoms with Gasteiger partial charge in [-0.15, -0.1) is 12.4 Å². The molecule has 1 aromatic carbocycles. The first-order valence-corrected chi connectivity index (χ1v) is 9.29. The molecule has 26 heavy (non-hydrogen) atoms. The van der Waals surface area contributed by atoms with E-state index in [1.54, 1.807) is 7.11 Å². The Morgan fingerprint density at radius 2 is 1.92 bits per heavy atom. The van der Waals surface area contributed by atoms with Gasteiger partial charge in [0.05, 0.1) is 12.5 Å². The van der Waals surface area contributed by atoms with Crippen LogP contribution >= 0.6 is 12.4 Å². The lowest BCUT2D eigenvalue weighted by molar-refractivity contribution is -0.121. The van der Waals surface area contributed by atoms with Gasteiger partial charge < -0.3 is 9.64 Å². The van der Waals surface area contributed by atoms with Crippen molar-refractivity contribution in [2.75, 3.05) is 27.7 Å². The van der Waals surface area contributed by atoms with Crippen LogP contribution in [0.4, 0.5) is 0 Å². The van der Waals surface area contributed by atoms with Crippen LogP contribution in [-0.2, 0) is 4.79 Å². The Kier molecular flexibility index (Phi) is 7.08. The maximum atomic E-state index is 13.4. The molecule has 3 rings (SSSR count). The highest BCUT2D eigenvalue weighted by Gasteiger charge is 2.47. The number of carbonyl (C=O) groups excluding carboxylic acids is 1. The second-order valence-electron chi connectivity index (χ2n) is 7.53. The summed E-state index contributed by atoms with van der Waals surface area (Å²) in [7, 11) is 5.84. The monoisotopic (exact) mass is 375 g/mol. The van der Waals surface area contributed by atoms with Crippen molar-refractivity contribution >= 4 is 24.3 Å². The molecule has 2 aliphatic carbocycles. The van der Waals surface area contributed by atoms with Crippen molar-refractivity contribution in [3.8, 4) is 5.75 Å². The van der Waals surface area contributed by atoms with E-state index in [4.69, 9.17) is 4.74 Å². The number of rotatable bonds is 6. The van der Waals surface area contributed by atoms with E-state index >= 15 is 0 Å². The lowest BCUT2D eigenvalue weighted by Gasteiger charge is -2.30. The van der Waals surface area contributed by atoms with Crippen molar-refractivity contribution < 1.29 is 9.53 Å². The molecule has 0 radical (unpaired) electrons. The largest absolute Gasteiger partial charge is 0.497 e. The maximum Gasteiger partial charge on any atom is 0.169 e. The van der Waals surface area contributed by atoms with Gasteiger partial charge >= 0.3 is 0 Å². The van der Waals surface area contributed by atoms with Gasteiger partial charge in [0.1, 0.15) is 5.75 Å². The number of hydrogen-bond donors (Lipinski definition) is 0. The Morgan fingerprint density at radius 1 is 1.19 bits per heavy atom.